The lowest BCUT2D eigenvalue weighted by molar-refractivity contribution is 0.185. The van der Waals surface area contributed by atoms with Crippen molar-refractivity contribution in [1.82, 2.24) is 19.3 Å². The Balaban J connectivity index is 1.26. The second-order valence-electron chi connectivity index (χ2n) is 6.98. The van der Waals surface area contributed by atoms with Crippen molar-refractivity contribution in [2.45, 2.75) is 17.7 Å². The van der Waals surface area contributed by atoms with Crippen molar-refractivity contribution in [2.24, 2.45) is 0 Å². The first-order chi connectivity index (χ1) is 14.6. The summed E-state index contributed by atoms with van der Waals surface area (Å²) < 4.78 is 32.5. The van der Waals surface area contributed by atoms with Crippen molar-refractivity contribution in [2.75, 3.05) is 32.7 Å². The maximum Gasteiger partial charge on any atom is 0.243 e. The number of hydrogen-bond donors (Lipinski definition) is 0. The molecule has 1 saturated heterocycles. The summed E-state index contributed by atoms with van der Waals surface area (Å²) in [4.78, 5) is 7.84. The molecule has 0 bridgehead atoms. The monoisotopic (exact) mass is 443 g/mol. The van der Waals surface area contributed by atoms with E-state index in [2.05, 4.69) is 15.0 Å². The van der Waals surface area contributed by atoms with Crippen LogP contribution in [-0.2, 0) is 16.4 Å². The van der Waals surface area contributed by atoms with Crippen LogP contribution >= 0.6 is 11.3 Å². The van der Waals surface area contributed by atoms with Crippen molar-refractivity contribution >= 4 is 21.4 Å². The van der Waals surface area contributed by atoms with Crippen LogP contribution in [0.15, 0.2) is 51.2 Å². The Morgan fingerprint density at radius 3 is 2.73 bits per heavy atom. The highest BCUT2D eigenvalue weighted by atomic mass is 32.2. The summed E-state index contributed by atoms with van der Waals surface area (Å²) in [6.07, 6.45) is 1.56. The van der Waals surface area contributed by atoms with Gasteiger partial charge in [-0.25, -0.2) is 8.42 Å². The van der Waals surface area contributed by atoms with Crippen LogP contribution in [0.25, 0.3) is 10.7 Å². The Labute approximate surface area is 179 Å². The van der Waals surface area contributed by atoms with Crippen molar-refractivity contribution in [3.05, 3.63) is 53.2 Å². The van der Waals surface area contributed by atoms with Gasteiger partial charge < -0.3 is 9.42 Å². The summed E-state index contributed by atoms with van der Waals surface area (Å²) in [5.74, 6) is 1.25. The Kier molecular flexibility index (Phi) is 6.24. The van der Waals surface area contributed by atoms with Gasteiger partial charge in [0.25, 0.3) is 0 Å². The fourth-order valence-corrected chi connectivity index (χ4v) is 5.50. The molecule has 0 radical (unpaired) electrons. The summed E-state index contributed by atoms with van der Waals surface area (Å²) in [5.41, 5.74) is 0.345. The fourth-order valence-electron chi connectivity index (χ4n) is 3.38. The summed E-state index contributed by atoms with van der Waals surface area (Å²) in [7, 11) is -3.58. The van der Waals surface area contributed by atoms with E-state index in [1.165, 1.54) is 16.4 Å². The smallest absolute Gasteiger partial charge is 0.243 e. The zero-order valence-electron chi connectivity index (χ0n) is 16.3. The van der Waals surface area contributed by atoms with Gasteiger partial charge in [0.1, 0.15) is 0 Å². The first-order valence-corrected chi connectivity index (χ1v) is 12.0. The molecule has 1 aromatic carbocycles. The molecule has 8 nitrogen and oxygen atoms in total. The van der Waals surface area contributed by atoms with Crippen molar-refractivity contribution in [1.29, 1.82) is 5.26 Å². The number of aryl methyl sites for hydroxylation is 1. The normalized spacial score (nSPS) is 15.8. The lowest BCUT2D eigenvalue weighted by Gasteiger charge is -2.33. The molecule has 0 spiro atoms. The molecule has 156 valence electrons. The van der Waals surface area contributed by atoms with Gasteiger partial charge in [0.15, 0.2) is 0 Å². The molecule has 0 N–H and O–H groups in total. The van der Waals surface area contributed by atoms with Gasteiger partial charge in [-0.15, -0.1) is 11.3 Å². The SMILES string of the molecule is N#Cc1cccc(S(=O)(=O)N2CCN(CCCc3nc(-c4cccs4)no3)CC2)c1. The molecule has 4 rings (SSSR count). The summed E-state index contributed by atoms with van der Waals surface area (Å²) in [6.45, 7) is 3.04. The Bertz CT molecular complexity index is 1130. The van der Waals surface area contributed by atoms with E-state index in [-0.39, 0.29) is 4.90 Å². The van der Waals surface area contributed by atoms with Gasteiger partial charge in [0, 0.05) is 32.6 Å². The molecule has 3 heterocycles. The lowest BCUT2D eigenvalue weighted by Crippen LogP contribution is -2.48. The maximum absolute atomic E-state index is 12.8. The third-order valence-corrected chi connectivity index (χ3v) is 7.77. The lowest BCUT2D eigenvalue weighted by atomic mass is 10.2. The van der Waals surface area contributed by atoms with E-state index in [4.69, 9.17) is 9.78 Å². The van der Waals surface area contributed by atoms with Crippen LogP contribution < -0.4 is 0 Å². The summed E-state index contributed by atoms with van der Waals surface area (Å²) in [5, 5.41) is 15.0. The number of hydrogen-bond acceptors (Lipinski definition) is 8. The minimum absolute atomic E-state index is 0.174. The molecule has 0 amide bonds. The van der Waals surface area contributed by atoms with Gasteiger partial charge in [-0.3, -0.25) is 0 Å². The number of piperazine rings is 1. The molecular weight excluding hydrogens is 422 g/mol. The molecule has 1 aliphatic rings. The molecular formula is C20H21N5O3S2. The van der Waals surface area contributed by atoms with Crippen LogP contribution in [0, 0.1) is 11.3 Å². The average Bonchev–Trinajstić information content (AvgIpc) is 3.46. The minimum atomic E-state index is -3.58. The third kappa shape index (κ3) is 4.60. The van der Waals surface area contributed by atoms with Crippen LogP contribution in [-0.4, -0.2) is 60.5 Å². The summed E-state index contributed by atoms with van der Waals surface area (Å²) in [6, 6.07) is 12.1. The predicted octanol–water partition coefficient (Wildman–Crippen LogP) is 2.61. The quantitative estimate of drug-likeness (QED) is 0.553. The van der Waals surface area contributed by atoms with Gasteiger partial charge in [-0.1, -0.05) is 17.3 Å². The number of sulfonamides is 1. The third-order valence-electron chi connectivity index (χ3n) is 5.01. The molecule has 0 unspecified atom stereocenters. The van der Waals surface area contributed by atoms with E-state index in [0.717, 1.165) is 17.8 Å². The van der Waals surface area contributed by atoms with Crippen LogP contribution in [0.4, 0.5) is 0 Å². The molecule has 1 aliphatic heterocycles. The Hall–Kier alpha value is -2.58. The first-order valence-electron chi connectivity index (χ1n) is 9.65. The highest BCUT2D eigenvalue weighted by Crippen LogP contribution is 2.22. The average molecular weight is 444 g/mol. The Morgan fingerprint density at radius 2 is 2.00 bits per heavy atom. The summed E-state index contributed by atoms with van der Waals surface area (Å²) >= 11 is 1.58. The predicted molar refractivity (Wildman–Crippen MR) is 112 cm³/mol. The second-order valence-corrected chi connectivity index (χ2v) is 9.86. The molecule has 1 fully saturated rings. The van der Waals surface area contributed by atoms with Crippen molar-refractivity contribution < 1.29 is 12.9 Å². The van der Waals surface area contributed by atoms with Gasteiger partial charge in [0.2, 0.25) is 21.7 Å². The second kappa shape index (κ2) is 9.06. The number of nitriles is 1. The van der Waals surface area contributed by atoms with Crippen molar-refractivity contribution in [3.8, 4) is 16.8 Å². The van der Waals surface area contributed by atoms with Gasteiger partial charge in [-0.2, -0.15) is 14.6 Å². The minimum Gasteiger partial charge on any atom is -0.339 e. The highest BCUT2D eigenvalue weighted by Gasteiger charge is 2.28. The molecule has 10 heteroatoms. The topological polar surface area (TPSA) is 103 Å². The number of aromatic nitrogens is 2. The number of rotatable bonds is 7. The van der Waals surface area contributed by atoms with Crippen LogP contribution in [0.1, 0.15) is 17.9 Å². The molecule has 3 aromatic rings. The largest absolute Gasteiger partial charge is 0.339 e. The number of benzene rings is 1. The standard InChI is InChI=1S/C20H21N5O3S2/c21-15-16-4-1-5-17(14-16)30(26,27)25-11-9-24(10-12-25)8-2-7-19-22-20(23-28-19)18-6-3-13-29-18/h1,3-6,13-14H,2,7-12H2. The van der Waals surface area contributed by atoms with E-state index < -0.39 is 10.0 Å². The van der Waals surface area contributed by atoms with Crippen LogP contribution in [0.3, 0.4) is 0 Å². The number of thiophene rings is 1. The van der Waals surface area contributed by atoms with Gasteiger partial charge >= 0.3 is 0 Å². The zero-order chi connectivity index (χ0) is 21.0. The van der Waals surface area contributed by atoms with E-state index in [0.29, 0.717) is 49.9 Å². The molecule has 30 heavy (non-hydrogen) atoms. The van der Waals surface area contributed by atoms with Crippen LogP contribution in [0.2, 0.25) is 0 Å². The van der Waals surface area contributed by atoms with E-state index in [1.807, 2.05) is 23.6 Å². The highest BCUT2D eigenvalue weighted by molar-refractivity contribution is 7.89. The van der Waals surface area contributed by atoms with Crippen LogP contribution in [0.5, 0.6) is 0 Å². The molecule has 0 atom stereocenters. The van der Waals surface area contributed by atoms with Gasteiger partial charge in [-0.05, 0) is 42.6 Å². The van der Waals surface area contributed by atoms with Gasteiger partial charge in [0.05, 0.1) is 21.4 Å². The molecule has 0 aliphatic carbocycles. The fraction of sp³-hybridized carbons (Fsp3) is 0.350. The van der Waals surface area contributed by atoms with E-state index in [9.17, 15) is 8.42 Å². The first kappa shape index (κ1) is 20.7. The van der Waals surface area contributed by atoms with Crippen molar-refractivity contribution in [3.63, 3.8) is 0 Å². The van der Waals surface area contributed by atoms with E-state index in [1.54, 1.807) is 23.5 Å². The Morgan fingerprint density at radius 1 is 1.17 bits per heavy atom. The maximum atomic E-state index is 12.8. The van der Waals surface area contributed by atoms with E-state index >= 15 is 0 Å². The molecule has 0 saturated carbocycles. The zero-order valence-corrected chi connectivity index (χ0v) is 17.9. The number of nitrogens with zero attached hydrogens (tertiary/aromatic N) is 5. The molecule has 2 aromatic heterocycles.